The molecule has 0 unspecified atom stereocenters. The summed E-state index contributed by atoms with van der Waals surface area (Å²) in [4.78, 5) is 0. The number of ether oxygens (including phenoxy) is 1. The number of hydrogen-bond donors (Lipinski definition) is 1. The number of anilines is 1. The van der Waals surface area contributed by atoms with Crippen LogP contribution in [0.2, 0.25) is 15.1 Å². The molecule has 0 radical (unpaired) electrons. The van der Waals surface area contributed by atoms with Gasteiger partial charge in [0.25, 0.3) is 0 Å². The molecule has 0 aromatic heterocycles. The smallest absolute Gasteiger partial charge is 0.156 e. The average molecular weight is 381 g/mol. The minimum Gasteiger partial charge on any atom is -0.485 e. The summed E-state index contributed by atoms with van der Waals surface area (Å²) in [6, 6.07) is 8.58. The van der Waals surface area contributed by atoms with Crippen molar-refractivity contribution >= 4 is 56.4 Å². The van der Waals surface area contributed by atoms with Crippen LogP contribution in [-0.4, -0.2) is 0 Å². The van der Waals surface area contributed by atoms with Gasteiger partial charge in [0.2, 0.25) is 0 Å². The number of halogens is 4. The fourth-order valence-corrected chi connectivity index (χ4v) is 2.93. The Hall–Kier alpha value is -0.610. The molecule has 0 heterocycles. The predicted molar refractivity (Wildman–Crippen MR) is 84.4 cm³/mol. The van der Waals surface area contributed by atoms with E-state index in [1.807, 2.05) is 6.07 Å². The average Bonchev–Trinajstić information content (AvgIpc) is 2.30. The first-order valence-electron chi connectivity index (χ1n) is 5.28. The Kier molecular flexibility index (Phi) is 4.85. The van der Waals surface area contributed by atoms with Crippen LogP contribution in [0.3, 0.4) is 0 Å². The Morgan fingerprint density at radius 2 is 1.79 bits per heavy atom. The first-order valence-corrected chi connectivity index (χ1v) is 7.21. The molecule has 2 N–H and O–H groups in total. The van der Waals surface area contributed by atoms with E-state index in [-0.39, 0.29) is 0 Å². The minimum absolute atomic E-state index is 0.292. The highest BCUT2D eigenvalue weighted by molar-refractivity contribution is 9.10. The molecule has 0 saturated carbocycles. The topological polar surface area (TPSA) is 35.2 Å². The second-order valence-electron chi connectivity index (χ2n) is 3.83. The van der Waals surface area contributed by atoms with E-state index in [4.69, 9.17) is 45.3 Å². The molecule has 2 aromatic rings. The zero-order valence-electron chi connectivity index (χ0n) is 9.59. The van der Waals surface area contributed by atoms with Crippen LogP contribution in [0.4, 0.5) is 5.69 Å². The minimum atomic E-state index is 0.292. The Morgan fingerprint density at radius 3 is 2.42 bits per heavy atom. The molecule has 0 fully saturated rings. The lowest BCUT2D eigenvalue weighted by Gasteiger charge is -2.12. The van der Waals surface area contributed by atoms with Gasteiger partial charge in [-0.15, -0.1) is 0 Å². The fourth-order valence-electron chi connectivity index (χ4n) is 1.52. The van der Waals surface area contributed by atoms with E-state index in [2.05, 4.69) is 15.9 Å². The molecule has 6 heteroatoms. The van der Waals surface area contributed by atoms with Gasteiger partial charge in [-0.3, -0.25) is 0 Å². The zero-order valence-corrected chi connectivity index (χ0v) is 13.4. The van der Waals surface area contributed by atoms with Crippen LogP contribution >= 0.6 is 50.7 Å². The van der Waals surface area contributed by atoms with Crippen molar-refractivity contribution in [3.63, 3.8) is 0 Å². The SMILES string of the molecule is Nc1cc(Cl)cc(Br)c1OCc1ccc(Cl)cc1Cl. The van der Waals surface area contributed by atoms with E-state index in [0.29, 0.717) is 37.6 Å². The molecular formula is C13H9BrCl3NO. The molecule has 0 aliphatic heterocycles. The van der Waals surface area contributed by atoms with Crippen LogP contribution < -0.4 is 10.5 Å². The van der Waals surface area contributed by atoms with Crippen molar-refractivity contribution in [2.45, 2.75) is 6.61 Å². The van der Waals surface area contributed by atoms with Gasteiger partial charge < -0.3 is 10.5 Å². The maximum Gasteiger partial charge on any atom is 0.156 e. The van der Waals surface area contributed by atoms with Crippen molar-refractivity contribution in [2.75, 3.05) is 5.73 Å². The van der Waals surface area contributed by atoms with Crippen LogP contribution in [0.25, 0.3) is 0 Å². The van der Waals surface area contributed by atoms with Crippen molar-refractivity contribution < 1.29 is 4.74 Å². The zero-order chi connectivity index (χ0) is 14.0. The molecule has 0 aliphatic rings. The van der Waals surface area contributed by atoms with Crippen molar-refractivity contribution in [3.05, 3.63) is 55.4 Å². The first kappa shape index (κ1) is 14.8. The van der Waals surface area contributed by atoms with Gasteiger partial charge in [-0.2, -0.15) is 0 Å². The highest BCUT2D eigenvalue weighted by atomic mass is 79.9. The molecule has 19 heavy (non-hydrogen) atoms. The summed E-state index contributed by atoms with van der Waals surface area (Å²) in [5.41, 5.74) is 7.14. The van der Waals surface area contributed by atoms with Gasteiger partial charge in [-0.25, -0.2) is 0 Å². The highest BCUT2D eigenvalue weighted by Gasteiger charge is 2.09. The first-order chi connectivity index (χ1) is 8.97. The molecule has 0 atom stereocenters. The quantitative estimate of drug-likeness (QED) is 0.706. The van der Waals surface area contributed by atoms with Crippen molar-refractivity contribution in [3.8, 4) is 5.75 Å². The Morgan fingerprint density at radius 1 is 1.05 bits per heavy atom. The molecule has 2 nitrogen and oxygen atoms in total. The van der Waals surface area contributed by atoms with Crippen LogP contribution in [0.5, 0.6) is 5.75 Å². The number of hydrogen-bond acceptors (Lipinski definition) is 2. The Balaban J connectivity index is 2.19. The van der Waals surface area contributed by atoms with Gasteiger partial charge in [-0.1, -0.05) is 40.9 Å². The second kappa shape index (κ2) is 6.23. The standard InChI is InChI=1S/C13H9BrCl3NO/c14-10-3-9(16)5-12(18)13(10)19-6-7-1-2-8(15)4-11(7)17/h1-5H,6,18H2. The summed E-state index contributed by atoms with van der Waals surface area (Å²) in [5.74, 6) is 0.537. The third kappa shape index (κ3) is 3.69. The van der Waals surface area contributed by atoms with Gasteiger partial charge in [0.05, 0.1) is 10.2 Å². The Bertz CT molecular complexity index is 596. The molecule has 0 aliphatic carbocycles. The lowest BCUT2D eigenvalue weighted by atomic mass is 10.2. The molecule has 0 saturated heterocycles. The van der Waals surface area contributed by atoms with E-state index in [9.17, 15) is 0 Å². The summed E-state index contributed by atoms with van der Waals surface area (Å²) in [6.07, 6.45) is 0. The normalized spacial score (nSPS) is 10.5. The predicted octanol–water partition coefficient (Wildman–Crippen LogP) is 5.57. The molecule has 2 rings (SSSR count). The molecule has 100 valence electrons. The second-order valence-corrected chi connectivity index (χ2v) is 5.96. The van der Waals surface area contributed by atoms with Crippen LogP contribution in [0.1, 0.15) is 5.56 Å². The maximum atomic E-state index is 6.07. The summed E-state index contributed by atoms with van der Waals surface area (Å²) in [5, 5.41) is 1.68. The van der Waals surface area contributed by atoms with Crippen molar-refractivity contribution in [1.29, 1.82) is 0 Å². The molecule has 2 aromatic carbocycles. The van der Waals surface area contributed by atoms with Crippen molar-refractivity contribution in [1.82, 2.24) is 0 Å². The van der Waals surface area contributed by atoms with Gasteiger partial charge in [0, 0.05) is 20.6 Å². The maximum absolute atomic E-state index is 6.07. The van der Waals surface area contributed by atoms with E-state index >= 15 is 0 Å². The summed E-state index contributed by atoms with van der Waals surface area (Å²) in [7, 11) is 0. The van der Waals surface area contributed by atoms with Crippen LogP contribution in [0.15, 0.2) is 34.8 Å². The van der Waals surface area contributed by atoms with Gasteiger partial charge in [0.15, 0.2) is 5.75 Å². The number of rotatable bonds is 3. The highest BCUT2D eigenvalue weighted by Crippen LogP contribution is 2.35. The number of nitrogens with two attached hydrogens (primary N) is 1. The van der Waals surface area contributed by atoms with Crippen LogP contribution in [0, 0.1) is 0 Å². The molecule has 0 spiro atoms. The largest absolute Gasteiger partial charge is 0.485 e. The van der Waals surface area contributed by atoms with E-state index in [1.165, 1.54) is 0 Å². The molecule has 0 bridgehead atoms. The lowest BCUT2D eigenvalue weighted by molar-refractivity contribution is 0.306. The van der Waals surface area contributed by atoms with Gasteiger partial charge in [0.1, 0.15) is 6.61 Å². The van der Waals surface area contributed by atoms with Crippen molar-refractivity contribution in [2.24, 2.45) is 0 Å². The number of nitrogen functional groups attached to an aromatic ring is 1. The van der Waals surface area contributed by atoms with Crippen LogP contribution in [-0.2, 0) is 6.61 Å². The molecular weight excluding hydrogens is 372 g/mol. The van der Waals surface area contributed by atoms with Gasteiger partial charge >= 0.3 is 0 Å². The van der Waals surface area contributed by atoms with E-state index < -0.39 is 0 Å². The lowest BCUT2D eigenvalue weighted by Crippen LogP contribution is -2.00. The number of benzene rings is 2. The monoisotopic (exact) mass is 379 g/mol. The van der Waals surface area contributed by atoms with Gasteiger partial charge in [-0.05, 0) is 40.2 Å². The third-order valence-corrected chi connectivity index (χ3v) is 3.82. The van der Waals surface area contributed by atoms with E-state index in [1.54, 1.807) is 24.3 Å². The Labute approximate surface area is 134 Å². The fraction of sp³-hybridized carbons (Fsp3) is 0.0769. The summed E-state index contributed by atoms with van der Waals surface area (Å²) in [6.45, 7) is 0.292. The molecule has 0 amide bonds. The van der Waals surface area contributed by atoms with E-state index in [0.717, 1.165) is 5.56 Å². The summed E-state index contributed by atoms with van der Waals surface area (Å²) >= 11 is 21.1. The third-order valence-electron chi connectivity index (χ3n) is 2.42. The summed E-state index contributed by atoms with van der Waals surface area (Å²) < 4.78 is 6.37.